The molecule has 0 unspecified atom stereocenters. The van der Waals surface area contributed by atoms with Crippen molar-refractivity contribution in [2.75, 3.05) is 37.7 Å². The number of hydrogen-bond donors (Lipinski definition) is 1. The summed E-state index contributed by atoms with van der Waals surface area (Å²) in [7, 11) is -1.93. The van der Waals surface area contributed by atoms with Gasteiger partial charge in [0.1, 0.15) is 5.75 Å². The summed E-state index contributed by atoms with van der Waals surface area (Å²) in [5.41, 5.74) is 0.603. The van der Waals surface area contributed by atoms with Gasteiger partial charge in [0.25, 0.3) is 0 Å². The lowest BCUT2D eigenvalue weighted by molar-refractivity contribution is 0.273. The average Bonchev–Trinajstić information content (AvgIpc) is 2.71. The van der Waals surface area contributed by atoms with E-state index in [9.17, 15) is 8.42 Å². The van der Waals surface area contributed by atoms with Gasteiger partial charge in [0.05, 0.1) is 12.8 Å². The maximum atomic E-state index is 12.3. The summed E-state index contributed by atoms with van der Waals surface area (Å²) in [6.07, 6.45) is 0.450. The second-order valence-electron chi connectivity index (χ2n) is 4.26. The van der Waals surface area contributed by atoms with E-state index in [0.717, 1.165) is 0 Å². The van der Waals surface area contributed by atoms with Crippen molar-refractivity contribution in [2.45, 2.75) is 6.42 Å². The molecule has 7 heteroatoms. The highest BCUT2D eigenvalue weighted by atomic mass is 32.2. The van der Waals surface area contributed by atoms with Gasteiger partial charge in [-0.05, 0) is 18.6 Å². The van der Waals surface area contributed by atoms with Crippen molar-refractivity contribution in [3.8, 4) is 5.75 Å². The van der Waals surface area contributed by atoms with E-state index >= 15 is 0 Å². The number of hydrogen-bond acceptors (Lipinski definition) is 4. The van der Waals surface area contributed by atoms with Crippen LogP contribution in [0, 0.1) is 0 Å². The van der Waals surface area contributed by atoms with Crippen LogP contribution in [0.2, 0.25) is 0 Å². The molecule has 1 N–H and O–H groups in total. The largest absolute Gasteiger partial charge is 0.497 e. The number of nitrogens with zero attached hydrogens (tertiary/aromatic N) is 2. The molecule has 1 heterocycles. The standard InChI is InChI=1S/C12H18N2O4S/c1-18-12-5-2-4-11(10-12)14-8-7-13(6-3-9-15)19(14,16)17/h2,4-5,10,15H,3,6-9H2,1H3. The lowest BCUT2D eigenvalue weighted by Crippen LogP contribution is -2.33. The van der Waals surface area contributed by atoms with Crippen molar-refractivity contribution in [3.63, 3.8) is 0 Å². The van der Waals surface area contributed by atoms with Crippen molar-refractivity contribution in [1.29, 1.82) is 0 Å². The van der Waals surface area contributed by atoms with Crippen LogP contribution in [0.3, 0.4) is 0 Å². The summed E-state index contributed by atoms with van der Waals surface area (Å²) in [5, 5.41) is 8.80. The second kappa shape index (κ2) is 5.77. The van der Waals surface area contributed by atoms with Gasteiger partial charge in [0.15, 0.2) is 0 Å². The molecular formula is C12H18N2O4S. The molecule has 0 spiro atoms. The fourth-order valence-electron chi connectivity index (χ4n) is 2.07. The van der Waals surface area contributed by atoms with Crippen molar-refractivity contribution < 1.29 is 18.3 Å². The third-order valence-electron chi connectivity index (χ3n) is 3.06. The van der Waals surface area contributed by atoms with Gasteiger partial charge >= 0.3 is 10.2 Å². The monoisotopic (exact) mass is 286 g/mol. The zero-order valence-corrected chi connectivity index (χ0v) is 11.6. The SMILES string of the molecule is COc1cccc(N2CCN(CCCO)S2(=O)=O)c1. The fourth-order valence-corrected chi connectivity index (χ4v) is 3.72. The van der Waals surface area contributed by atoms with Crippen LogP contribution in [-0.4, -0.2) is 51.2 Å². The topological polar surface area (TPSA) is 70.1 Å². The number of anilines is 1. The lowest BCUT2D eigenvalue weighted by Gasteiger charge is -2.20. The molecule has 0 aliphatic carbocycles. The van der Waals surface area contributed by atoms with Gasteiger partial charge in [-0.1, -0.05) is 6.07 Å². The zero-order chi connectivity index (χ0) is 13.9. The van der Waals surface area contributed by atoms with Gasteiger partial charge < -0.3 is 9.84 Å². The first-order valence-electron chi connectivity index (χ1n) is 6.12. The minimum Gasteiger partial charge on any atom is -0.497 e. The Labute approximate surface area is 113 Å². The summed E-state index contributed by atoms with van der Waals surface area (Å²) in [4.78, 5) is 0. The molecule has 0 aromatic heterocycles. The van der Waals surface area contributed by atoms with Crippen LogP contribution in [0.25, 0.3) is 0 Å². The zero-order valence-electron chi connectivity index (χ0n) is 10.8. The van der Waals surface area contributed by atoms with E-state index in [1.165, 1.54) is 8.61 Å². The molecule has 0 bridgehead atoms. The molecule has 1 aliphatic rings. The Kier molecular flexibility index (Phi) is 4.28. The number of ether oxygens (including phenoxy) is 1. The highest BCUT2D eigenvalue weighted by Crippen LogP contribution is 2.28. The van der Waals surface area contributed by atoms with E-state index in [0.29, 0.717) is 37.5 Å². The molecule has 2 rings (SSSR count). The molecule has 0 radical (unpaired) electrons. The first-order chi connectivity index (χ1) is 9.09. The average molecular weight is 286 g/mol. The normalized spacial score (nSPS) is 18.7. The van der Waals surface area contributed by atoms with Gasteiger partial charge in [0, 0.05) is 32.3 Å². The molecule has 1 fully saturated rings. The highest BCUT2D eigenvalue weighted by molar-refractivity contribution is 7.90. The predicted molar refractivity (Wildman–Crippen MR) is 72.5 cm³/mol. The van der Waals surface area contributed by atoms with Crippen LogP contribution >= 0.6 is 0 Å². The van der Waals surface area contributed by atoms with Crippen LogP contribution in [0.4, 0.5) is 5.69 Å². The van der Waals surface area contributed by atoms with E-state index < -0.39 is 10.2 Å². The molecule has 0 atom stereocenters. The molecule has 0 saturated carbocycles. The van der Waals surface area contributed by atoms with Crippen molar-refractivity contribution >= 4 is 15.9 Å². The third-order valence-corrected chi connectivity index (χ3v) is 5.03. The Morgan fingerprint density at radius 1 is 1.37 bits per heavy atom. The Morgan fingerprint density at radius 3 is 2.84 bits per heavy atom. The van der Waals surface area contributed by atoms with Crippen LogP contribution in [0.15, 0.2) is 24.3 Å². The summed E-state index contributed by atoms with van der Waals surface area (Å²) >= 11 is 0. The van der Waals surface area contributed by atoms with E-state index in [-0.39, 0.29) is 6.61 Å². The lowest BCUT2D eigenvalue weighted by atomic mass is 10.3. The van der Waals surface area contributed by atoms with E-state index in [4.69, 9.17) is 9.84 Å². The van der Waals surface area contributed by atoms with Crippen LogP contribution in [0.5, 0.6) is 5.75 Å². The summed E-state index contributed by atoms with van der Waals surface area (Å²) in [5.74, 6) is 0.626. The molecule has 1 aromatic rings. The van der Waals surface area contributed by atoms with Crippen LogP contribution in [-0.2, 0) is 10.2 Å². The number of benzene rings is 1. The molecule has 106 valence electrons. The van der Waals surface area contributed by atoms with Gasteiger partial charge in [-0.25, -0.2) is 0 Å². The minimum atomic E-state index is -3.48. The first kappa shape index (κ1) is 14.1. The summed E-state index contributed by atoms with van der Waals surface area (Å²) < 4.78 is 32.5. The molecule has 1 saturated heterocycles. The fraction of sp³-hybridized carbons (Fsp3) is 0.500. The maximum Gasteiger partial charge on any atom is 0.304 e. The Balaban J connectivity index is 2.22. The molecule has 0 amide bonds. The maximum absolute atomic E-state index is 12.3. The predicted octanol–water partition coefficient (Wildman–Crippen LogP) is 0.444. The quantitative estimate of drug-likeness (QED) is 0.853. The van der Waals surface area contributed by atoms with Gasteiger partial charge in [0.2, 0.25) is 0 Å². The smallest absolute Gasteiger partial charge is 0.304 e. The molecular weight excluding hydrogens is 268 g/mol. The van der Waals surface area contributed by atoms with E-state index in [1.807, 2.05) is 0 Å². The van der Waals surface area contributed by atoms with E-state index in [1.54, 1.807) is 31.4 Å². The van der Waals surface area contributed by atoms with E-state index in [2.05, 4.69) is 0 Å². The molecule has 1 aliphatic heterocycles. The first-order valence-corrected chi connectivity index (χ1v) is 7.52. The number of aliphatic hydroxyl groups excluding tert-OH is 1. The summed E-state index contributed by atoms with van der Waals surface area (Å²) in [6, 6.07) is 6.98. The third kappa shape index (κ3) is 2.83. The molecule has 19 heavy (non-hydrogen) atoms. The van der Waals surface area contributed by atoms with Crippen molar-refractivity contribution in [3.05, 3.63) is 24.3 Å². The minimum absolute atomic E-state index is 0.00875. The van der Waals surface area contributed by atoms with Gasteiger partial charge in [-0.15, -0.1) is 0 Å². The summed E-state index contributed by atoms with van der Waals surface area (Å²) in [6.45, 7) is 1.20. The Morgan fingerprint density at radius 2 is 2.16 bits per heavy atom. The Hall–Kier alpha value is -1.31. The van der Waals surface area contributed by atoms with Gasteiger partial charge in [-0.2, -0.15) is 12.7 Å². The van der Waals surface area contributed by atoms with Crippen LogP contribution in [0.1, 0.15) is 6.42 Å². The number of methoxy groups -OCH3 is 1. The second-order valence-corrected chi connectivity index (χ2v) is 6.11. The Bertz CT molecular complexity index is 532. The van der Waals surface area contributed by atoms with Crippen molar-refractivity contribution in [2.24, 2.45) is 0 Å². The molecule has 6 nitrogen and oxygen atoms in total. The highest BCUT2D eigenvalue weighted by Gasteiger charge is 2.36. The number of rotatable bonds is 5. The van der Waals surface area contributed by atoms with Gasteiger partial charge in [-0.3, -0.25) is 4.31 Å². The van der Waals surface area contributed by atoms with Crippen molar-refractivity contribution in [1.82, 2.24) is 4.31 Å². The molecule has 1 aromatic carbocycles. The van der Waals surface area contributed by atoms with Crippen LogP contribution < -0.4 is 9.04 Å². The number of aliphatic hydroxyl groups is 1.